The Kier molecular flexibility index (Phi) is 2.90. The Labute approximate surface area is 113 Å². The molecule has 0 bridgehead atoms. The zero-order valence-corrected chi connectivity index (χ0v) is 11.3. The van der Waals surface area contributed by atoms with Crippen molar-refractivity contribution in [2.45, 2.75) is 13.0 Å². The predicted octanol–water partition coefficient (Wildman–Crippen LogP) is 4.54. The SMILES string of the molecule is Cc1oc2ccccc2c1C(O)c1ccc(Cl)s1. The van der Waals surface area contributed by atoms with Crippen molar-refractivity contribution in [3.05, 3.63) is 56.9 Å². The minimum Gasteiger partial charge on any atom is -0.461 e. The number of aliphatic hydroxyl groups excluding tert-OH is 1. The van der Waals surface area contributed by atoms with E-state index in [0.29, 0.717) is 4.34 Å². The summed E-state index contributed by atoms with van der Waals surface area (Å²) < 4.78 is 6.34. The zero-order valence-electron chi connectivity index (χ0n) is 9.68. The molecule has 2 aromatic heterocycles. The van der Waals surface area contributed by atoms with Crippen molar-refractivity contribution in [3.8, 4) is 0 Å². The molecule has 0 fully saturated rings. The van der Waals surface area contributed by atoms with Gasteiger partial charge in [-0.05, 0) is 25.1 Å². The average Bonchev–Trinajstić information content (AvgIpc) is 2.91. The lowest BCUT2D eigenvalue weighted by Gasteiger charge is -2.07. The Bertz CT molecular complexity index is 699. The summed E-state index contributed by atoms with van der Waals surface area (Å²) in [6.45, 7) is 1.87. The normalized spacial score (nSPS) is 13.1. The van der Waals surface area contributed by atoms with Gasteiger partial charge in [-0.1, -0.05) is 29.8 Å². The molecule has 0 aliphatic heterocycles. The molecule has 0 radical (unpaired) electrons. The van der Waals surface area contributed by atoms with Crippen LogP contribution in [0.3, 0.4) is 0 Å². The predicted molar refractivity (Wildman–Crippen MR) is 74.3 cm³/mol. The lowest BCUT2D eigenvalue weighted by atomic mass is 10.0. The smallest absolute Gasteiger partial charge is 0.134 e. The highest BCUT2D eigenvalue weighted by Crippen LogP contribution is 2.37. The maximum absolute atomic E-state index is 10.5. The van der Waals surface area contributed by atoms with E-state index in [-0.39, 0.29) is 0 Å². The van der Waals surface area contributed by atoms with Gasteiger partial charge >= 0.3 is 0 Å². The topological polar surface area (TPSA) is 33.4 Å². The molecule has 1 atom stereocenters. The first-order valence-electron chi connectivity index (χ1n) is 5.58. The Morgan fingerprint density at radius 2 is 2.00 bits per heavy atom. The minimum absolute atomic E-state index is 0.675. The fourth-order valence-corrected chi connectivity index (χ4v) is 3.20. The van der Waals surface area contributed by atoms with Gasteiger partial charge in [0, 0.05) is 15.8 Å². The second-order valence-electron chi connectivity index (χ2n) is 4.11. The number of rotatable bonds is 2. The minimum atomic E-state index is -0.689. The number of hydrogen-bond donors (Lipinski definition) is 1. The van der Waals surface area contributed by atoms with E-state index < -0.39 is 6.10 Å². The Morgan fingerprint density at radius 3 is 2.72 bits per heavy atom. The monoisotopic (exact) mass is 278 g/mol. The quantitative estimate of drug-likeness (QED) is 0.747. The molecule has 0 amide bonds. The third-order valence-corrected chi connectivity index (χ3v) is 4.24. The number of furan rings is 1. The van der Waals surface area contributed by atoms with Crippen molar-refractivity contribution >= 4 is 33.9 Å². The molecule has 0 aliphatic carbocycles. The average molecular weight is 279 g/mol. The van der Waals surface area contributed by atoms with Gasteiger partial charge in [-0.15, -0.1) is 11.3 Å². The first-order chi connectivity index (χ1) is 8.66. The molecule has 3 rings (SSSR count). The molecule has 0 saturated carbocycles. The number of halogens is 1. The van der Waals surface area contributed by atoms with E-state index in [1.54, 1.807) is 6.07 Å². The van der Waals surface area contributed by atoms with Crippen LogP contribution in [-0.4, -0.2) is 5.11 Å². The third-order valence-electron chi connectivity index (χ3n) is 2.96. The summed E-state index contributed by atoms with van der Waals surface area (Å²) in [6, 6.07) is 11.4. The molecule has 0 spiro atoms. The Morgan fingerprint density at radius 1 is 1.22 bits per heavy atom. The molecule has 3 aromatic rings. The van der Waals surface area contributed by atoms with Crippen LogP contribution in [-0.2, 0) is 0 Å². The molecule has 2 heterocycles. The van der Waals surface area contributed by atoms with Crippen molar-refractivity contribution in [2.75, 3.05) is 0 Å². The molecule has 1 aromatic carbocycles. The summed E-state index contributed by atoms with van der Waals surface area (Å²) in [5, 5.41) is 11.4. The van der Waals surface area contributed by atoms with Gasteiger partial charge in [0.25, 0.3) is 0 Å². The molecule has 92 valence electrons. The molecule has 4 heteroatoms. The number of fused-ring (bicyclic) bond motifs is 1. The van der Waals surface area contributed by atoms with Crippen molar-refractivity contribution in [1.29, 1.82) is 0 Å². The molecule has 18 heavy (non-hydrogen) atoms. The van der Waals surface area contributed by atoms with Crippen LogP contribution < -0.4 is 0 Å². The second kappa shape index (κ2) is 4.43. The van der Waals surface area contributed by atoms with Gasteiger partial charge in [-0.3, -0.25) is 0 Å². The summed E-state index contributed by atoms with van der Waals surface area (Å²) in [5.41, 5.74) is 1.62. The maximum Gasteiger partial charge on any atom is 0.134 e. The highest BCUT2D eigenvalue weighted by atomic mass is 35.5. The first kappa shape index (κ1) is 11.8. The van der Waals surface area contributed by atoms with Crippen LogP contribution in [0.1, 0.15) is 22.3 Å². The Hall–Kier alpha value is -1.29. The van der Waals surface area contributed by atoms with E-state index >= 15 is 0 Å². The van der Waals surface area contributed by atoms with Crippen molar-refractivity contribution in [3.63, 3.8) is 0 Å². The van der Waals surface area contributed by atoms with Crippen molar-refractivity contribution < 1.29 is 9.52 Å². The van der Waals surface area contributed by atoms with Gasteiger partial charge in [-0.25, -0.2) is 0 Å². The highest BCUT2D eigenvalue weighted by Gasteiger charge is 2.21. The van der Waals surface area contributed by atoms with E-state index in [0.717, 1.165) is 27.2 Å². The summed E-state index contributed by atoms with van der Waals surface area (Å²) in [5.74, 6) is 0.744. The van der Waals surface area contributed by atoms with E-state index in [1.807, 2.05) is 37.3 Å². The Balaban J connectivity index is 2.16. The van der Waals surface area contributed by atoms with Crippen LogP contribution in [0.2, 0.25) is 4.34 Å². The fraction of sp³-hybridized carbons (Fsp3) is 0.143. The lowest BCUT2D eigenvalue weighted by Crippen LogP contribution is -1.97. The fourth-order valence-electron chi connectivity index (χ4n) is 2.15. The van der Waals surface area contributed by atoms with Gasteiger partial charge < -0.3 is 9.52 Å². The molecule has 0 saturated heterocycles. The summed E-state index contributed by atoms with van der Waals surface area (Å²) >= 11 is 7.29. The summed E-state index contributed by atoms with van der Waals surface area (Å²) in [4.78, 5) is 0.828. The molecule has 1 unspecified atom stereocenters. The lowest BCUT2D eigenvalue weighted by molar-refractivity contribution is 0.223. The summed E-state index contributed by atoms with van der Waals surface area (Å²) in [7, 11) is 0. The highest BCUT2D eigenvalue weighted by molar-refractivity contribution is 7.16. The van der Waals surface area contributed by atoms with E-state index in [4.69, 9.17) is 16.0 Å². The number of para-hydroxylation sites is 1. The van der Waals surface area contributed by atoms with Gasteiger partial charge in [0.05, 0.1) is 4.34 Å². The van der Waals surface area contributed by atoms with Gasteiger partial charge in [0.1, 0.15) is 17.4 Å². The van der Waals surface area contributed by atoms with Gasteiger partial charge in [-0.2, -0.15) is 0 Å². The van der Waals surface area contributed by atoms with E-state index in [2.05, 4.69) is 0 Å². The van der Waals surface area contributed by atoms with E-state index in [9.17, 15) is 5.11 Å². The number of aryl methyl sites for hydroxylation is 1. The summed E-state index contributed by atoms with van der Waals surface area (Å²) in [6.07, 6.45) is -0.689. The third kappa shape index (κ3) is 1.85. The number of benzene rings is 1. The van der Waals surface area contributed by atoms with Crippen molar-refractivity contribution in [1.82, 2.24) is 0 Å². The maximum atomic E-state index is 10.5. The van der Waals surface area contributed by atoms with Crippen LogP contribution in [0.25, 0.3) is 11.0 Å². The first-order valence-corrected chi connectivity index (χ1v) is 6.77. The molecule has 2 nitrogen and oxygen atoms in total. The largest absolute Gasteiger partial charge is 0.461 e. The van der Waals surface area contributed by atoms with Crippen molar-refractivity contribution in [2.24, 2.45) is 0 Å². The van der Waals surface area contributed by atoms with E-state index in [1.165, 1.54) is 11.3 Å². The molecular formula is C14H11ClO2S. The van der Waals surface area contributed by atoms with Crippen LogP contribution >= 0.6 is 22.9 Å². The van der Waals surface area contributed by atoms with Gasteiger partial charge in [0.15, 0.2) is 0 Å². The van der Waals surface area contributed by atoms with Crippen LogP contribution in [0, 0.1) is 6.92 Å². The molecule has 0 aliphatic rings. The molecule has 1 N–H and O–H groups in total. The molecular weight excluding hydrogens is 268 g/mol. The number of thiophene rings is 1. The van der Waals surface area contributed by atoms with Gasteiger partial charge in [0.2, 0.25) is 0 Å². The second-order valence-corrected chi connectivity index (χ2v) is 5.86. The number of aliphatic hydroxyl groups is 1. The van der Waals surface area contributed by atoms with Crippen LogP contribution in [0.4, 0.5) is 0 Å². The van der Waals surface area contributed by atoms with Crippen LogP contribution in [0.15, 0.2) is 40.8 Å². The van der Waals surface area contributed by atoms with Crippen LogP contribution in [0.5, 0.6) is 0 Å². The standard InChI is InChI=1S/C14H11ClO2S/c1-8-13(9-4-2-3-5-10(9)17-8)14(16)11-6-7-12(15)18-11/h2-7,14,16H,1H3. The zero-order chi connectivity index (χ0) is 12.7. The number of hydrogen-bond acceptors (Lipinski definition) is 3.